The zero-order chi connectivity index (χ0) is 11.7. The highest BCUT2D eigenvalue weighted by atomic mass is 16.5. The first-order valence-electron chi connectivity index (χ1n) is 6.12. The van der Waals surface area contributed by atoms with Gasteiger partial charge in [0.25, 0.3) is 0 Å². The van der Waals surface area contributed by atoms with Crippen molar-refractivity contribution in [3.8, 4) is 5.75 Å². The van der Waals surface area contributed by atoms with Crippen molar-refractivity contribution in [2.45, 2.75) is 18.4 Å². The molecule has 2 aliphatic rings. The molecule has 1 aromatic rings. The molecule has 0 radical (unpaired) electrons. The number of nitrogens with one attached hydrogen (secondary N) is 1. The fraction of sp³-hybridized carbons (Fsp3) is 0.429. The predicted molar refractivity (Wildman–Crippen MR) is 66.2 cm³/mol. The number of fused-ring (bicyclic) bond motifs is 1. The summed E-state index contributed by atoms with van der Waals surface area (Å²) in [4.78, 5) is 0. The van der Waals surface area contributed by atoms with E-state index in [0.717, 1.165) is 31.1 Å². The fourth-order valence-corrected chi connectivity index (χ4v) is 2.66. The molecule has 2 aliphatic heterocycles. The van der Waals surface area contributed by atoms with E-state index >= 15 is 0 Å². The Morgan fingerprint density at radius 2 is 2.18 bits per heavy atom. The summed E-state index contributed by atoms with van der Waals surface area (Å²) in [5.41, 5.74) is 1.28. The molecule has 90 valence electrons. The third-order valence-electron chi connectivity index (χ3n) is 3.49. The number of hydrogen-bond acceptors (Lipinski definition) is 3. The van der Waals surface area contributed by atoms with Crippen LogP contribution in [0.3, 0.4) is 0 Å². The number of para-hydroxylation sites is 1. The van der Waals surface area contributed by atoms with Crippen LogP contribution in [0.4, 0.5) is 0 Å². The molecule has 3 heteroatoms. The van der Waals surface area contributed by atoms with E-state index < -0.39 is 0 Å². The summed E-state index contributed by atoms with van der Waals surface area (Å²) in [6.07, 6.45) is 3.20. The Hall–Kier alpha value is -1.48. The van der Waals surface area contributed by atoms with Gasteiger partial charge in [-0.25, -0.2) is 0 Å². The van der Waals surface area contributed by atoms with E-state index in [1.807, 2.05) is 19.2 Å². The number of rotatable bonds is 3. The second-order valence-electron chi connectivity index (χ2n) is 4.47. The maximum Gasteiger partial charge on any atom is 0.122 e. The highest BCUT2D eigenvalue weighted by Gasteiger charge is 2.34. The van der Waals surface area contributed by atoms with Crippen molar-refractivity contribution in [2.24, 2.45) is 0 Å². The fourth-order valence-electron chi connectivity index (χ4n) is 2.66. The molecule has 0 aliphatic carbocycles. The Kier molecular flexibility index (Phi) is 2.77. The maximum absolute atomic E-state index is 5.73. The lowest BCUT2D eigenvalue weighted by molar-refractivity contribution is 0.200. The number of ether oxygens (including phenoxy) is 2. The molecule has 3 rings (SSSR count). The Labute approximate surface area is 101 Å². The lowest BCUT2D eigenvalue weighted by Gasteiger charge is -2.23. The van der Waals surface area contributed by atoms with Crippen LogP contribution in [0.5, 0.6) is 5.75 Å². The van der Waals surface area contributed by atoms with E-state index in [1.54, 1.807) is 0 Å². The van der Waals surface area contributed by atoms with Crippen molar-refractivity contribution < 1.29 is 9.47 Å². The largest absolute Gasteiger partial charge is 0.496 e. The molecule has 0 fully saturated rings. The first-order chi connectivity index (χ1) is 8.40. The minimum Gasteiger partial charge on any atom is -0.496 e. The smallest absolute Gasteiger partial charge is 0.122 e. The Balaban J connectivity index is 1.89. The van der Waals surface area contributed by atoms with Gasteiger partial charge < -0.3 is 14.8 Å². The zero-order valence-electron chi connectivity index (χ0n) is 9.98. The SMILES string of the molecule is CNC(C1=CCCO1)C1COc2ccccc21. The van der Waals surface area contributed by atoms with Crippen molar-refractivity contribution in [3.63, 3.8) is 0 Å². The van der Waals surface area contributed by atoms with Crippen molar-refractivity contribution in [3.05, 3.63) is 41.7 Å². The third kappa shape index (κ3) is 1.80. The lowest BCUT2D eigenvalue weighted by atomic mass is 9.92. The molecule has 0 saturated heterocycles. The van der Waals surface area contributed by atoms with E-state index in [1.165, 1.54) is 5.56 Å². The molecule has 2 heterocycles. The van der Waals surface area contributed by atoms with Gasteiger partial charge in [-0.15, -0.1) is 0 Å². The summed E-state index contributed by atoms with van der Waals surface area (Å²) >= 11 is 0. The Morgan fingerprint density at radius 3 is 2.94 bits per heavy atom. The molecule has 1 N–H and O–H groups in total. The van der Waals surface area contributed by atoms with Crippen LogP contribution in [0.1, 0.15) is 17.9 Å². The third-order valence-corrected chi connectivity index (χ3v) is 3.49. The predicted octanol–water partition coefficient (Wildman–Crippen LogP) is 2.05. The summed E-state index contributed by atoms with van der Waals surface area (Å²) in [6.45, 7) is 1.54. The molecule has 0 saturated carbocycles. The molecular formula is C14H17NO2. The maximum atomic E-state index is 5.73. The van der Waals surface area contributed by atoms with Gasteiger partial charge in [-0.05, 0) is 19.2 Å². The summed E-state index contributed by atoms with van der Waals surface area (Å²) in [6, 6.07) is 8.48. The molecular weight excluding hydrogens is 214 g/mol. The number of hydrogen-bond donors (Lipinski definition) is 1. The quantitative estimate of drug-likeness (QED) is 0.863. The van der Waals surface area contributed by atoms with Crippen LogP contribution >= 0.6 is 0 Å². The standard InChI is InChI=1S/C14H17NO2/c1-15-14(13-7-4-8-16-13)11-9-17-12-6-3-2-5-10(11)12/h2-3,5-7,11,14-15H,4,8-9H2,1H3. The van der Waals surface area contributed by atoms with Gasteiger partial charge in [0.05, 0.1) is 19.3 Å². The molecule has 3 nitrogen and oxygen atoms in total. The first kappa shape index (κ1) is 10.7. The normalized spacial score (nSPS) is 23.6. The monoisotopic (exact) mass is 231 g/mol. The van der Waals surface area contributed by atoms with Crippen molar-refractivity contribution in [1.29, 1.82) is 0 Å². The topological polar surface area (TPSA) is 30.5 Å². The van der Waals surface area contributed by atoms with Gasteiger partial charge >= 0.3 is 0 Å². The average molecular weight is 231 g/mol. The average Bonchev–Trinajstić information content (AvgIpc) is 3.01. The van der Waals surface area contributed by atoms with Crippen LogP contribution in [-0.4, -0.2) is 26.3 Å². The van der Waals surface area contributed by atoms with Crippen LogP contribution in [0.25, 0.3) is 0 Å². The first-order valence-corrected chi connectivity index (χ1v) is 6.12. The van der Waals surface area contributed by atoms with Crippen molar-refractivity contribution in [2.75, 3.05) is 20.3 Å². The highest BCUT2D eigenvalue weighted by Crippen LogP contribution is 2.38. The van der Waals surface area contributed by atoms with Crippen molar-refractivity contribution >= 4 is 0 Å². The number of benzene rings is 1. The van der Waals surface area contributed by atoms with Gasteiger partial charge in [0.15, 0.2) is 0 Å². The summed E-state index contributed by atoms with van der Waals surface area (Å²) in [5, 5.41) is 3.35. The van der Waals surface area contributed by atoms with Crippen LogP contribution < -0.4 is 10.1 Å². The highest BCUT2D eigenvalue weighted by molar-refractivity contribution is 5.42. The van der Waals surface area contributed by atoms with Gasteiger partial charge in [-0.2, -0.15) is 0 Å². The van der Waals surface area contributed by atoms with Gasteiger partial charge in [0.1, 0.15) is 11.5 Å². The second-order valence-corrected chi connectivity index (χ2v) is 4.47. The zero-order valence-corrected chi connectivity index (χ0v) is 9.98. The van der Waals surface area contributed by atoms with Gasteiger partial charge in [-0.3, -0.25) is 0 Å². The molecule has 1 aromatic carbocycles. The van der Waals surface area contributed by atoms with E-state index in [2.05, 4.69) is 23.5 Å². The molecule has 0 bridgehead atoms. The second kappa shape index (κ2) is 4.41. The summed E-state index contributed by atoms with van der Waals surface area (Å²) in [7, 11) is 1.98. The summed E-state index contributed by atoms with van der Waals surface area (Å²) in [5.74, 6) is 2.43. The van der Waals surface area contributed by atoms with Crippen molar-refractivity contribution in [1.82, 2.24) is 5.32 Å². The number of likely N-dealkylation sites (N-methyl/N-ethyl adjacent to an activating group) is 1. The Morgan fingerprint density at radius 1 is 1.29 bits per heavy atom. The molecule has 0 aromatic heterocycles. The van der Waals surface area contributed by atoms with Gasteiger partial charge in [0, 0.05) is 17.9 Å². The van der Waals surface area contributed by atoms with E-state index in [-0.39, 0.29) is 6.04 Å². The molecule has 2 unspecified atom stereocenters. The molecule has 17 heavy (non-hydrogen) atoms. The van der Waals surface area contributed by atoms with Gasteiger partial charge in [-0.1, -0.05) is 18.2 Å². The Bertz CT molecular complexity index is 442. The molecule has 2 atom stereocenters. The van der Waals surface area contributed by atoms with Crippen LogP contribution in [0.2, 0.25) is 0 Å². The van der Waals surface area contributed by atoms with E-state index in [0.29, 0.717) is 5.92 Å². The molecule has 0 amide bonds. The van der Waals surface area contributed by atoms with E-state index in [9.17, 15) is 0 Å². The van der Waals surface area contributed by atoms with Crippen LogP contribution in [-0.2, 0) is 4.74 Å². The minimum absolute atomic E-state index is 0.223. The summed E-state index contributed by atoms with van der Waals surface area (Å²) < 4.78 is 11.4. The van der Waals surface area contributed by atoms with Crippen LogP contribution in [0.15, 0.2) is 36.1 Å². The van der Waals surface area contributed by atoms with E-state index in [4.69, 9.17) is 9.47 Å². The van der Waals surface area contributed by atoms with Gasteiger partial charge in [0.2, 0.25) is 0 Å². The molecule has 0 spiro atoms. The van der Waals surface area contributed by atoms with Crippen LogP contribution in [0, 0.1) is 0 Å². The lowest BCUT2D eigenvalue weighted by Crippen LogP contribution is -2.35. The minimum atomic E-state index is 0.223.